The summed E-state index contributed by atoms with van der Waals surface area (Å²) in [6.07, 6.45) is -4.69. The number of rotatable bonds is 2. The molecule has 2 aromatic carbocycles. The van der Waals surface area contributed by atoms with Gasteiger partial charge in [-0.2, -0.15) is 13.2 Å². The van der Waals surface area contributed by atoms with E-state index in [0.29, 0.717) is 48.8 Å². The minimum Gasteiger partial charge on any atom is -0.491 e. The van der Waals surface area contributed by atoms with E-state index in [2.05, 4.69) is 10.3 Å². The van der Waals surface area contributed by atoms with Crippen LogP contribution in [0.5, 0.6) is 5.75 Å². The lowest BCUT2D eigenvalue weighted by Crippen LogP contribution is -2.53. The zero-order valence-corrected chi connectivity index (χ0v) is 19.3. The van der Waals surface area contributed by atoms with E-state index >= 15 is 0 Å². The Bertz CT molecular complexity index is 1090. The topological polar surface area (TPSA) is 74.2 Å². The van der Waals surface area contributed by atoms with Crippen molar-refractivity contribution in [3.05, 3.63) is 53.6 Å². The Balaban J connectivity index is 1.65. The molecular formula is C25H28F3N3O3. The Morgan fingerprint density at radius 1 is 1.12 bits per heavy atom. The molecule has 0 bridgehead atoms. The Kier molecular flexibility index (Phi) is 6.22. The van der Waals surface area contributed by atoms with Gasteiger partial charge < -0.3 is 20.1 Å². The highest BCUT2D eigenvalue weighted by Crippen LogP contribution is 2.35. The lowest BCUT2D eigenvalue weighted by molar-refractivity contribution is -0.137. The molecule has 6 nitrogen and oxygen atoms in total. The molecule has 2 unspecified atom stereocenters. The van der Waals surface area contributed by atoms with Crippen LogP contribution in [0.15, 0.2) is 47.5 Å². The molecule has 4 rings (SSSR count). The summed E-state index contributed by atoms with van der Waals surface area (Å²) in [6.45, 7) is 7.30. The SMILES string of the molecule is CC(C)(C)C1C(NC2=NCCOc3ccc(-c4ccc(C(F)(F)F)cc4)cc32)CCN1C(=O)O. The fraction of sp³-hybridized carbons (Fsp3) is 0.440. The maximum Gasteiger partial charge on any atom is 0.416 e. The molecular weight excluding hydrogens is 447 g/mol. The third-order valence-electron chi connectivity index (χ3n) is 6.25. The van der Waals surface area contributed by atoms with E-state index in [4.69, 9.17) is 4.74 Å². The molecule has 1 amide bonds. The molecule has 0 spiro atoms. The lowest BCUT2D eigenvalue weighted by atomic mass is 9.82. The number of fused-ring (bicyclic) bond motifs is 1. The summed E-state index contributed by atoms with van der Waals surface area (Å²) in [7, 11) is 0. The van der Waals surface area contributed by atoms with E-state index in [1.807, 2.05) is 32.9 Å². The minimum atomic E-state index is -4.39. The maximum absolute atomic E-state index is 12.9. The van der Waals surface area contributed by atoms with Crippen molar-refractivity contribution in [2.24, 2.45) is 10.4 Å². The number of carbonyl (C=O) groups is 1. The van der Waals surface area contributed by atoms with Gasteiger partial charge in [-0.15, -0.1) is 0 Å². The number of nitrogens with one attached hydrogen (secondary N) is 1. The maximum atomic E-state index is 12.9. The first-order chi connectivity index (χ1) is 15.9. The van der Waals surface area contributed by atoms with Crippen LogP contribution in [0.4, 0.5) is 18.0 Å². The molecule has 0 saturated carbocycles. The van der Waals surface area contributed by atoms with Gasteiger partial charge in [-0.1, -0.05) is 39.0 Å². The van der Waals surface area contributed by atoms with Gasteiger partial charge in [0.25, 0.3) is 0 Å². The fourth-order valence-electron chi connectivity index (χ4n) is 4.80. The summed E-state index contributed by atoms with van der Waals surface area (Å²) >= 11 is 0. The number of nitrogens with zero attached hydrogens (tertiary/aromatic N) is 2. The van der Waals surface area contributed by atoms with E-state index < -0.39 is 17.8 Å². The first-order valence-corrected chi connectivity index (χ1v) is 11.2. The van der Waals surface area contributed by atoms with Crippen molar-refractivity contribution in [2.75, 3.05) is 19.7 Å². The van der Waals surface area contributed by atoms with Crippen molar-refractivity contribution >= 4 is 11.9 Å². The number of amidine groups is 1. The number of hydrogen-bond acceptors (Lipinski definition) is 4. The van der Waals surface area contributed by atoms with E-state index in [0.717, 1.165) is 17.7 Å². The number of amides is 1. The van der Waals surface area contributed by atoms with Crippen LogP contribution in [0.2, 0.25) is 0 Å². The van der Waals surface area contributed by atoms with Crippen LogP contribution in [-0.2, 0) is 6.18 Å². The predicted octanol–water partition coefficient (Wildman–Crippen LogP) is 5.27. The van der Waals surface area contributed by atoms with E-state index in [9.17, 15) is 23.1 Å². The first-order valence-electron chi connectivity index (χ1n) is 11.2. The summed E-state index contributed by atoms with van der Waals surface area (Å²) in [6, 6.07) is 10.1. The van der Waals surface area contributed by atoms with E-state index in [1.165, 1.54) is 17.0 Å². The third-order valence-corrected chi connectivity index (χ3v) is 6.25. The molecule has 34 heavy (non-hydrogen) atoms. The number of ether oxygens (including phenoxy) is 1. The van der Waals surface area contributed by atoms with Crippen molar-refractivity contribution in [1.29, 1.82) is 0 Å². The predicted molar refractivity (Wildman–Crippen MR) is 123 cm³/mol. The quantitative estimate of drug-likeness (QED) is 0.621. The van der Waals surface area contributed by atoms with Gasteiger partial charge in [0.05, 0.1) is 29.8 Å². The molecule has 2 atom stereocenters. The summed E-state index contributed by atoms with van der Waals surface area (Å²) < 4.78 is 44.7. The summed E-state index contributed by atoms with van der Waals surface area (Å²) in [5.41, 5.74) is 1.09. The van der Waals surface area contributed by atoms with Gasteiger partial charge in [-0.25, -0.2) is 4.79 Å². The number of aliphatic imine (C=N–C) groups is 1. The molecule has 9 heteroatoms. The number of alkyl halides is 3. The van der Waals surface area contributed by atoms with Gasteiger partial charge in [0.2, 0.25) is 0 Å². The Hall–Kier alpha value is -3.23. The molecule has 2 aromatic rings. The van der Waals surface area contributed by atoms with Gasteiger partial charge >= 0.3 is 12.3 Å². The molecule has 0 aliphatic carbocycles. The minimum absolute atomic E-state index is 0.143. The summed E-state index contributed by atoms with van der Waals surface area (Å²) in [5.74, 6) is 1.23. The molecule has 2 heterocycles. The highest BCUT2D eigenvalue weighted by molar-refractivity contribution is 6.02. The molecule has 2 aliphatic rings. The molecule has 1 saturated heterocycles. The summed E-state index contributed by atoms with van der Waals surface area (Å²) in [5, 5.41) is 13.2. The zero-order chi connectivity index (χ0) is 24.7. The van der Waals surface area contributed by atoms with Crippen molar-refractivity contribution in [3.8, 4) is 16.9 Å². The van der Waals surface area contributed by atoms with Gasteiger partial charge in [0, 0.05) is 6.54 Å². The fourth-order valence-corrected chi connectivity index (χ4v) is 4.80. The standard InChI is InChI=1S/C25H28F3N3O3/c1-24(2,3)21-19(10-12-31(21)23(32)33)30-22-18-14-16(6-9-20(18)34-13-11-29-22)15-4-7-17(8-5-15)25(26,27)28/h4-9,14,19,21H,10-13H2,1-3H3,(H,29,30)(H,32,33). The Morgan fingerprint density at radius 3 is 2.41 bits per heavy atom. The van der Waals surface area contributed by atoms with E-state index in [1.54, 1.807) is 6.07 Å². The van der Waals surface area contributed by atoms with Crippen molar-refractivity contribution in [2.45, 2.75) is 45.5 Å². The molecule has 2 N–H and O–H groups in total. The van der Waals surface area contributed by atoms with Gasteiger partial charge in [-0.3, -0.25) is 4.99 Å². The average molecular weight is 476 g/mol. The highest BCUT2D eigenvalue weighted by atomic mass is 19.4. The molecule has 0 aromatic heterocycles. The molecule has 182 valence electrons. The second-order valence-corrected chi connectivity index (χ2v) is 9.69. The second-order valence-electron chi connectivity index (χ2n) is 9.69. The Labute approximate surface area is 196 Å². The molecule has 1 fully saturated rings. The smallest absolute Gasteiger partial charge is 0.416 e. The number of benzene rings is 2. The number of halogens is 3. The average Bonchev–Trinajstić information content (AvgIpc) is 3.10. The lowest BCUT2D eigenvalue weighted by Gasteiger charge is -2.37. The third kappa shape index (κ3) is 4.83. The summed E-state index contributed by atoms with van der Waals surface area (Å²) in [4.78, 5) is 18.0. The van der Waals surface area contributed by atoms with Crippen LogP contribution in [0, 0.1) is 5.41 Å². The van der Waals surface area contributed by atoms with Crippen LogP contribution >= 0.6 is 0 Å². The number of likely N-dealkylation sites (tertiary alicyclic amines) is 1. The highest BCUT2D eigenvalue weighted by Gasteiger charge is 2.44. The largest absolute Gasteiger partial charge is 0.491 e. The van der Waals surface area contributed by atoms with Crippen LogP contribution in [0.1, 0.15) is 38.3 Å². The second kappa shape index (κ2) is 8.85. The zero-order valence-electron chi connectivity index (χ0n) is 19.3. The normalized spacial score (nSPS) is 20.8. The first kappa shape index (κ1) is 23.9. The van der Waals surface area contributed by atoms with Crippen LogP contribution in [0.25, 0.3) is 11.1 Å². The van der Waals surface area contributed by atoms with E-state index in [-0.39, 0.29) is 17.5 Å². The van der Waals surface area contributed by atoms with Crippen molar-refractivity contribution in [1.82, 2.24) is 10.2 Å². The Morgan fingerprint density at radius 2 is 1.79 bits per heavy atom. The van der Waals surface area contributed by atoms with Gasteiger partial charge in [-0.05, 0) is 47.2 Å². The van der Waals surface area contributed by atoms with Crippen molar-refractivity contribution < 1.29 is 27.8 Å². The van der Waals surface area contributed by atoms with Crippen LogP contribution in [0.3, 0.4) is 0 Å². The van der Waals surface area contributed by atoms with Gasteiger partial charge in [0.15, 0.2) is 0 Å². The number of hydrogen-bond donors (Lipinski definition) is 2. The van der Waals surface area contributed by atoms with Crippen LogP contribution < -0.4 is 10.1 Å². The number of carboxylic acid groups (broad SMARTS) is 1. The molecule has 0 radical (unpaired) electrons. The van der Waals surface area contributed by atoms with Gasteiger partial charge in [0.1, 0.15) is 18.2 Å². The van der Waals surface area contributed by atoms with Crippen molar-refractivity contribution in [3.63, 3.8) is 0 Å². The monoisotopic (exact) mass is 475 g/mol. The molecule has 2 aliphatic heterocycles. The van der Waals surface area contributed by atoms with Crippen LogP contribution in [-0.4, -0.2) is 53.7 Å².